The van der Waals surface area contributed by atoms with Crippen LogP contribution < -0.4 is 5.32 Å². The van der Waals surface area contributed by atoms with Gasteiger partial charge in [-0.15, -0.1) is 0 Å². The van der Waals surface area contributed by atoms with Gasteiger partial charge in [0, 0.05) is 14.2 Å². The molecule has 0 fully saturated rings. The van der Waals surface area contributed by atoms with Crippen LogP contribution in [-0.2, 0) is 0 Å². The molecule has 1 N–H and O–H groups in total. The third-order valence-electron chi connectivity index (χ3n) is 3.05. The zero-order valence-electron chi connectivity index (χ0n) is 11.1. The molecule has 0 aliphatic rings. The van der Waals surface area contributed by atoms with E-state index in [-0.39, 0.29) is 5.56 Å². The minimum absolute atomic E-state index is 0.0518. The molecule has 1 nitrogen and oxygen atoms in total. The second-order valence-electron chi connectivity index (χ2n) is 4.42. The van der Waals surface area contributed by atoms with Crippen LogP contribution in [-0.4, -0.2) is 6.54 Å². The van der Waals surface area contributed by atoms with Gasteiger partial charge in [0.05, 0.1) is 6.04 Å². The summed E-state index contributed by atoms with van der Waals surface area (Å²) in [5.41, 5.74) is 0.769. The van der Waals surface area contributed by atoms with E-state index in [0.717, 1.165) is 15.2 Å². The van der Waals surface area contributed by atoms with E-state index in [1.807, 2.05) is 6.92 Å². The van der Waals surface area contributed by atoms with Gasteiger partial charge in [0.2, 0.25) is 0 Å². The Morgan fingerprint density at radius 2 is 1.81 bits per heavy atom. The van der Waals surface area contributed by atoms with Crippen molar-refractivity contribution in [3.8, 4) is 0 Å². The molecule has 1 unspecified atom stereocenters. The van der Waals surface area contributed by atoms with Gasteiger partial charge in [0.25, 0.3) is 0 Å². The van der Waals surface area contributed by atoms with Gasteiger partial charge < -0.3 is 5.32 Å². The summed E-state index contributed by atoms with van der Waals surface area (Å²) in [5, 5.41) is 3.57. The number of halogens is 5. The molecule has 112 valence electrons. The second-order valence-corrected chi connectivity index (χ2v) is 6.02. The highest BCUT2D eigenvalue weighted by atomic mass is 127. The molecule has 0 aromatic heterocycles. The number of hydrogen-bond acceptors (Lipinski definition) is 1. The minimum Gasteiger partial charge on any atom is -0.306 e. The number of hydrogen-bond donors (Lipinski definition) is 1. The highest BCUT2D eigenvalue weighted by Crippen LogP contribution is 2.31. The van der Waals surface area contributed by atoms with Crippen molar-refractivity contribution in [2.24, 2.45) is 0 Å². The molecule has 2 aromatic carbocycles. The standard InChI is InChI=1S/C15H12ClF3IN/c1-2-21-15(10-7-8(16)3-6-12(10)20)9-4-5-11(17)14(19)13(9)18/h3-7,15,21H,2H2,1H3. The van der Waals surface area contributed by atoms with E-state index in [4.69, 9.17) is 11.6 Å². The molecule has 0 spiro atoms. The molecule has 6 heteroatoms. The molecule has 1 atom stereocenters. The lowest BCUT2D eigenvalue weighted by Crippen LogP contribution is -2.24. The van der Waals surface area contributed by atoms with E-state index >= 15 is 0 Å². The molecule has 0 amide bonds. The fourth-order valence-corrected chi connectivity index (χ4v) is 2.92. The largest absolute Gasteiger partial charge is 0.306 e. The second kappa shape index (κ2) is 6.98. The SMILES string of the molecule is CCNC(c1cc(Cl)ccc1I)c1ccc(F)c(F)c1F. The molecule has 2 aromatic rings. The van der Waals surface area contributed by atoms with Crippen molar-refractivity contribution in [3.05, 3.63) is 67.5 Å². The fraction of sp³-hybridized carbons (Fsp3) is 0.200. The van der Waals surface area contributed by atoms with Crippen molar-refractivity contribution < 1.29 is 13.2 Å². The molecule has 21 heavy (non-hydrogen) atoms. The first-order valence-corrected chi connectivity index (χ1v) is 7.73. The summed E-state index contributed by atoms with van der Waals surface area (Å²) in [6.07, 6.45) is 0. The molecule has 0 bridgehead atoms. The summed E-state index contributed by atoms with van der Waals surface area (Å²) in [5.74, 6) is -3.85. The van der Waals surface area contributed by atoms with Crippen LogP contribution in [0.3, 0.4) is 0 Å². The van der Waals surface area contributed by atoms with Crippen molar-refractivity contribution in [3.63, 3.8) is 0 Å². The van der Waals surface area contributed by atoms with Gasteiger partial charge in [0.1, 0.15) is 0 Å². The van der Waals surface area contributed by atoms with Crippen LogP contribution in [0.5, 0.6) is 0 Å². The van der Waals surface area contributed by atoms with E-state index in [0.29, 0.717) is 11.6 Å². The van der Waals surface area contributed by atoms with Crippen molar-refractivity contribution in [1.29, 1.82) is 0 Å². The minimum atomic E-state index is -1.47. The number of benzene rings is 2. The van der Waals surface area contributed by atoms with Gasteiger partial charge >= 0.3 is 0 Å². The lowest BCUT2D eigenvalue weighted by Gasteiger charge is -2.21. The Bertz CT molecular complexity index is 664. The number of rotatable bonds is 4. The lowest BCUT2D eigenvalue weighted by molar-refractivity contribution is 0.433. The van der Waals surface area contributed by atoms with Crippen molar-refractivity contribution in [2.75, 3.05) is 6.54 Å². The summed E-state index contributed by atoms with van der Waals surface area (Å²) >= 11 is 8.08. The van der Waals surface area contributed by atoms with E-state index < -0.39 is 23.5 Å². The van der Waals surface area contributed by atoms with Crippen molar-refractivity contribution in [2.45, 2.75) is 13.0 Å². The van der Waals surface area contributed by atoms with Crippen LogP contribution in [0.2, 0.25) is 5.02 Å². The van der Waals surface area contributed by atoms with E-state index in [2.05, 4.69) is 27.9 Å². The van der Waals surface area contributed by atoms with Gasteiger partial charge in [0.15, 0.2) is 17.5 Å². The molecular formula is C15H12ClF3IN. The lowest BCUT2D eigenvalue weighted by atomic mass is 9.98. The molecule has 0 saturated carbocycles. The van der Waals surface area contributed by atoms with Gasteiger partial charge in [-0.2, -0.15) is 0 Å². The maximum atomic E-state index is 14.1. The van der Waals surface area contributed by atoms with Gasteiger partial charge in [-0.25, -0.2) is 13.2 Å². The Kier molecular flexibility index (Phi) is 5.51. The van der Waals surface area contributed by atoms with E-state index in [9.17, 15) is 13.2 Å². The first-order valence-electron chi connectivity index (χ1n) is 6.27. The zero-order chi connectivity index (χ0) is 15.6. The first kappa shape index (κ1) is 16.6. The smallest absolute Gasteiger partial charge is 0.194 e. The average Bonchev–Trinajstić information content (AvgIpc) is 2.46. The maximum Gasteiger partial charge on any atom is 0.194 e. The molecule has 0 saturated heterocycles. The summed E-state index contributed by atoms with van der Waals surface area (Å²) in [6.45, 7) is 2.38. The highest BCUT2D eigenvalue weighted by molar-refractivity contribution is 14.1. The Morgan fingerprint density at radius 3 is 2.48 bits per heavy atom. The summed E-state index contributed by atoms with van der Waals surface area (Å²) in [7, 11) is 0. The van der Waals surface area contributed by atoms with Crippen LogP contribution in [0.1, 0.15) is 24.1 Å². The normalized spacial score (nSPS) is 12.5. The summed E-state index contributed by atoms with van der Waals surface area (Å²) in [6, 6.07) is 6.78. The molecular weight excluding hydrogens is 414 g/mol. The predicted octanol–water partition coefficient (Wildman–Crippen LogP) is 5.06. The summed E-state index contributed by atoms with van der Waals surface area (Å²) in [4.78, 5) is 0. The molecule has 0 radical (unpaired) electrons. The average molecular weight is 426 g/mol. The van der Waals surface area contributed by atoms with Crippen LogP contribution in [0.15, 0.2) is 30.3 Å². The predicted molar refractivity (Wildman–Crippen MR) is 86.0 cm³/mol. The molecule has 0 aliphatic heterocycles. The third kappa shape index (κ3) is 3.52. The Labute approximate surface area is 139 Å². The number of nitrogens with one attached hydrogen (secondary N) is 1. The summed E-state index contributed by atoms with van der Waals surface area (Å²) < 4.78 is 41.5. The van der Waals surface area contributed by atoms with E-state index in [1.54, 1.807) is 18.2 Å². The van der Waals surface area contributed by atoms with E-state index in [1.165, 1.54) is 6.07 Å². The topological polar surface area (TPSA) is 12.0 Å². The van der Waals surface area contributed by atoms with Crippen molar-refractivity contribution in [1.82, 2.24) is 5.32 Å². The molecule has 2 rings (SSSR count). The monoisotopic (exact) mass is 425 g/mol. The first-order chi connectivity index (χ1) is 9.95. The Balaban J connectivity index is 2.59. The Hall–Kier alpha value is -0.790. The van der Waals surface area contributed by atoms with Gasteiger partial charge in [-0.3, -0.25) is 0 Å². The van der Waals surface area contributed by atoms with Crippen LogP contribution in [0.4, 0.5) is 13.2 Å². The maximum absolute atomic E-state index is 14.1. The molecule has 0 heterocycles. The fourth-order valence-electron chi connectivity index (χ4n) is 2.09. The van der Waals surface area contributed by atoms with Gasteiger partial charge in [-0.05, 0) is 59.0 Å². The van der Waals surface area contributed by atoms with Crippen LogP contribution in [0.25, 0.3) is 0 Å². The zero-order valence-corrected chi connectivity index (χ0v) is 14.0. The highest BCUT2D eigenvalue weighted by Gasteiger charge is 2.23. The van der Waals surface area contributed by atoms with Crippen LogP contribution in [0, 0.1) is 21.0 Å². The Morgan fingerprint density at radius 1 is 1.10 bits per heavy atom. The quantitative estimate of drug-likeness (QED) is 0.533. The van der Waals surface area contributed by atoms with Gasteiger partial charge in [-0.1, -0.05) is 24.6 Å². The molecule has 0 aliphatic carbocycles. The van der Waals surface area contributed by atoms with Crippen molar-refractivity contribution >= 4 is 34.2 Å². The third-order valence-corrected chi connectivity index (χ3v) is 4.27. The van der Waals surface area contributed by atoms with Crippen LogP contribution >= 0.6 is 34.2 Å².